The van der Waals surface area contributed by atoms with Gasteiger partial charge < -0.3 is 18.9 Å². The Labute approximate surface area is 134 Å². The monoisotopic (exact) mass is 311 g/mol. The van der Waals surface area contributed by atoms with Crippen LogP contribution < -0.4 is 0 Å². The number of hydrogen-bond donors (Lipinski definition) is 0. The van der Waals surface area contributed by atoms with Crippen LogP contribution >= 0.6 is 0 Å². The predicted molar refractivity (Wildman–Crippen MR) is 84.5 cm³/mol. The lowest BCUT2D eigenvalue weighted by molar-refractivity contribution is -0.947. The number of piperidine rings is 2. The number of carbonyl (C=O) groups excluding carboxylic acids is 1. The summed E-state index contributed by atoms with van der Waals surface area (Å²) in [4.78, 5) is 14.0. The molecule has 5 heteroatoms. The van der Waals surface area contributed by atoms with Crippen LogP contribution in [0.1, 0.15) is 32.1 Å². The van der Waals surface area contributed by atoms with Crippen molar-refractivity contribution in [3.05, 3.63) is 0 Å². The lowest BCUT2D eigenvalue weighted by atomic mass is 9.82. The number of hydrogen-bond acceptors (Lipinski definition) is 3. The van der Waals surface area contributed by atoms with Gasteiger partial charge in [-0.15, -0.1) is 0 Å². The quantitative estimate of drug-likeness (QED) is 0.734. The van der Waals surface area contributed by atoms with Gasteiger partial charge in [-0.3, -0.25) is 4.79 Å². The number of rotatable bonds is 4. The van der Waals surface area contributed by atoms with Crippen LogP contribution in [0.3, 0.4) is 0 Å². The fourth-order valence-corrected chi connectivity index (χ4v) is 4.63. The highest BCUT2D eigenvalue weighted by Crippen LogP contribution is 2.36. The zero-order valence-corrected chi connectivity index (χ0v) is 14.0. The standard InChI is InChI=1S/C17H31N2O3/c1-19-9-3-2-6-16(19)15(5-4-10-19)13-22-14-17(20)18-7-11-21-12-8-18/h15-16H,2-14H2,1H3/q+1. The Morgan fingerprint density at radius 3 is 2.77 bits per heavy atom. The van der Waals surface area contributed by atoms with E-state index in [1.54, 1.807) is 0 Å². The molecule has 3 heterocycles. The van der Waals surface area contributed by atoms with E-state index in [0.29, 0.717) is 32.2 Å². The van der Waals surface area contributed by atoms with Crippen LogP contribution in [0.4, 0.5) is 0 Å². The van der Waals surface area contributed by atoms with Gasteiger partial charge in [0.15, 0.2) is 0 Å². The van der Waals surface area contributed by atoms with Crippen molar-refractivity contribution in [2.45, 2.75) is 38.1 Å². The van der Waals surface area contributed by atoms with E-state index in [2.05, 4.69) is 7.05 Å². The third kappa shape index (κ3) is 3.63. The van der Waals surface area contributed by atoms with Crippen molar-refractivity contribution >= 4 is 5.91 Å². The molecule has 1 amide bonds. The minimum Gasteiger partial charge on any atom is -0.378 e. The van der Waals surface area contributed by atoms with Crippen LogP contribution in [-0.4, -0.2) is 81.0 Å². The highest BCUT2D eigenvalue weighted by molar-refractivity contribution is 5.77. The Morgan fingerprint density at radius 1 is 1.18 bits per heavy atom. The molecule has 126 valence electrons. The average molecular weight is 311 g/mol. The van der Waals surface area contributed by atoms with E-state index in [0.717, 1.165) is 12.6 Å². The van der Waals surface area contributed by atoms with Gasteiger partial charge in [-0.05, 0) is 25.7 Å². The highest BCUT2D eigenvalue weighted by atomic mass is 16.5. The minimum atomic E-state index is 0.125. The van der Waals surface area contributed by atoms with Gasteiger partial charge >= 0.3 is 0 Å². The molecular weight excluding hydrogens is 280 g/mol. The summed E-state index contributed by atoms with van der Waals surface area (Å²) in [5.74, 6) is 0.761. The third-order valence-corrected chi connectivity index (χ3v) is 5.93. The van der Waals surface area contributed by atoms with E-state index in [4.69, 9.17) is 9.47 Å². The predicted octanol–water partition coefficient (Wildman–Crippen LogP) is 1.27. The second-order valence-corrected chi connectivity index (χ2v) is 7.40. The van der Waals surface area contributed by atoms with Crippen LogP contribution in [0.25, 0.3) is 0 Å². The topological polar surface area (TPSA) is 38.8 Å². The molecule has 3 fully saturated rings. The summed E-state index contributed by atoms with van der Waals surface area (Å²) >= 11 is 0. The average Bonchev–Trinajstić information content (AvgIpc) is 2.55. The van der Waals surface area contributed by atoms with Crippen LogP contribution in [0.15, 0.2) is 0 Å². The molecule has 0 radical (unpaired) electrons. The van der Waals surface area contributed by atoms with E-state index >= 15 is 0 Å². The molecule has 3 saturated heterocycles. The van der Waals surface area contributed by atoms with E-state index in [1.165, 1.54) is 49.7 Å². The van der Waals surface area contributed by atoms with Crippen LogP contribution in [0.5, 0.6) is 0 Å². The van der Waals surface area contributed by atoms with Crippen molar-refractivity contribution in [2.24, 2.45) is 5.92 Å². The summed E-state index contributed by atoms with van der Waals surface area (Å²) in [5, 5.41) is 0. The van der Waals surface area contributed by atoms with Gasteiger partial charge in [-0.25, -0.2) is 0 Å². The lowest BCUT2D eigenvalue weighted by Crippen LogP contribution is -2.61. The second kappa shape index (κ2) is 7.28. The van der Waals surface area contributed by atoms with Gasteiger partial charge in [0.05, 0.1) is 46.0 Å². The second-order valence-electron chi connectivity index (χ2n) is 7.40. The van der Waals surface area contributed by atoms with E-state index in [9.17, 15) is 4.79 Å². The SMILES string of the molecule is C[N+]12CCCCC1C(COCC(=O)N1CCOCC1)CCC2. The van der Waals surface area contributed by atoms with Gasteiger partial charge in [-0.1, -0.05) is 0 Å². The molecule has 3 unspecified atom stereocenters. The first-order valence-corrected chi connectivity index (χ1v) is 8.96. The Morgan fingerprint density at radius 2 is 1.95 bits per heavy atom. The van der Waals surface area contributed by atoms with Crippen LogP contribution in [-0.2, 0) is 14.3 Å². The number of carbonyl (C=O) groups is 1. The van der Waals surface area contributed by atoms with E-state index < -0.39 is 0 Å². The molecule has 3 aliphatic rings. The van der Waals surface area contributed by atoms with Crippen molar-refractivity contribution in [3.8, 4) is 0 Å². The van der Waals surface area contributed by atoms with Gasteiger partial charge in [0, 0.05) is 25.4 Å². The molecule has 3 rings (SSSR count). The molecule has 0 aliphatic carbocycles. The van der Waals surface area contributed by atoms with E-state index in [1.807, 2.05) is 4.90 Å². The zero-order valence-electron chi connectivity index (χ0n) is 14.0. The largest absolute Gasteiger partial charge is 0.378 e. The number of quaternary nitrogens is 1. The lowest BCUT2D eigenvalue weighted by Gasteiger charge is -2.51. The summed E-state index contributed by atoms with van der Waals surface area (Å²) in [5.41, 5.74) is 0. The molecule has 3 aliphatic heterocycles. The smallest absolute Gasteiger partial charge is 0.248 e. The maximum absolute atomic E-state index is 12.1. The molecule has 0 aromatic rings. The van der Waals surface area contributed by atoms with Crippen LogP contribution in [0, 0.1) is 5.92 Å². The van der Waals surface area contributed by atoms with Gasteiger partial charge in [0.2, 0.25) is 5.91 Å². The summed E-state index contributed by atoms with van der Waals surface area (Å²) in [6.45, 7) is 6.40. The number of morpholine rings is 1. The van der Waals surface area contributed by atoms with Gasteiger partial charge in [0.1, 0.15) is 6.61 Å². The van der Waals surface area contributed by atoms with E-state index in [-0.39, 0.29) is 12.5 Å². The number of fused-ring (bicyclic) bond motifs is 1. The Hall–Kier alpha value is -0.650. The molecule has 3 atom stereocenters. The molecule has 0 N–H and O–H groups in total. The van der Waals surface area contributed by atoms with Crippen LogP contribution in [0.2, 0.25) is 0 Å². The molecule has 0 aromatic carbocycles. The fraction of sp³-hybridized carbons (Fsp3) is 0.941. The molecule has 0 aromatic heterocycles. The number of ether oxygens (including phenoxy) is 2. The van der Waals surface area contributed by atoms with Crippen molar-refractivity contribution < 1.29 is 18.8 Å². The molecular formula is C17H31N2O3+. The first kappa shape index (κ1) is 16.2. The maximum Gasteiger partial charge on any atom is 0.248 e. The fourth-order valence-electron chi connectivity index (χ4n) is 4.63. The molecule has 22 heavy (non-hydrogen) atoms. The third-order valence-electron chi connectivity index (χ3n) is 5.93. The molecule has 0 spiro atoms. The highest BCUT2D eigenvalue weighted by Gasteiger charge is 2.43. The summed E-state index contributed by atoms with van der Waals surface area (Å²) in [7, 11) is 2.43. The number of amides is 1. The first-order valence-electron chi connectivity index (χ1n) is 8.96. The molecule has 5 nitrogen and oxygen atoms in total. The summed E-state index contributed by atoms with van der Waals surface area (Å²) < 4.78 is 12.4. The van der Waals surface area contributed by atoms with Crippen molar-refractivity contribution in [2.75, 3.05) is 59.7 Å². The zero-order chi connectivity index (χ0) is 15.4. The minimum absolute atomic E-state index is 0.125. The number of nitrogens with zero attached hydrogens (tertiary/aromatic N) is 2. The normalized spacial score (nSPS) is 36.0. The Kier molecular flexibility index (Phi) is 5.37. The Bertz CT molecular complexity index is 380. The molecule has 0 saturated carbocycles. The van der Waals surface area contributed by atoms with Crippen molar-refractivity contribution in [1.82, 2.24) is 4.90 Å². The molecule has 0 bridgehead atoms. The summed E-state index contributed by atoms with van der Waals surface area (Å²) in [6.07, 6.45) is 6.64. The van der Waals surface area contributed by atoms with Crippen molar-refractivity contribution in [3.63, 3.8) is 0 Å². The first-order chi connectivity index (χ1) is 10.7. The maximum atomic E-state index is 12.1. The van der Waals surface area contributed by atoms with Gasteiger partial charge in [-0.2, -0.15) is 0 Å². The Balaban J connectivity index is 1.45. The van der Waals surface area contributed by atoms with Crippen molar-refractivity contribution in [1.29, 1.82) is 0 Å². The summed E-state index contributed by atoms with van der Waals surface area (Å²) in [6, 6.07) is 0.751. The van der Waals surface area contributed by atoms with Gasteiger partial charge in [0.25, 0.3) is 0 Å².